The van der Waals surface area contributed by atoms with Crippen LogP contribution in [0.15, 0.2) is 39.8 Å². The van der Waals surface area contributed by atoms with Gasteiger partial charge in [0.05, 0.1) is 5.56 Å². The summed E-state index contributed by atoms with van der Waals surface area (Å²) in [6, 6.07) is 6.61. The average Bonchev–Trinajstić information content (AvgIpc) is 3.08. The van der Waals surface area contributed by atoms with Crippen molar-refractivity contribution in [2.24, 2.45) is 13.0 Å². The second-order valence-corrected chi connectivity index (χ2v) is 7.93. The number of fused-ring (bicyclic) bond motifs is 1. The molecule has 1 amide bonds. The smallest absolute Gasteiger partial charge is 0.265 e. The van der Waals surface area contributed by atoms with E-state index >= 15 is 0 Å². The molecule has 3 heterocycles. The molecule has 0 bridgehead atoms. The molecule has 1 aliphatic heterocycles. The van der Waals surface area contributed by atoms with Crippen molar-refractivity contribution in [1.82, 2.24) is 19.8 Å². The summed E-state index contributed by atoms with van der Waals surface area (Å²) < 4.78 is 19.9. The molecule has 0 aliphatic carbocycles. The Morgan fingerprint density at radius 2 is 1.97 bits per heavy atom. The Hall–Kier alpha value is -3.00. The zero-order chi connectivity index (χ0) is 21.3. The van der Waals surface area contributed by atoms with Gasteiger partial charge in [-0.15, -0.1) is 0 Å². The van der Waals surface area contributed by atoms with Crippen molar-refractivity contribution in [1.29, 1.82) is 0 Å². The van der Waals surface area contributed by atoms with E-state index in [1.165, 1.54) is 23.0 Å². The predicted molar refractivity (Wildman–Crippen MR) is 111 cm³/mol. The minimum Gasteiger partial charge on any atom is -0.442 e. The molecule has 1 saturated heterocycles. The van der Waals surface area contributed by atoms with Crippen molar-refractivity contribution in [3.05, 3.63) is 63.7 Å². The molecule has 1 N–H and O–H groups in total. The van der Waals surface area contributed by atoms with E-state index in [1.807, 2.05) is 12.1 Å². The van der Waals surface area contributed by atoms with Crippen LogP contribution in [0.25, 0.3) is 11.1 Å². The lowest BCUT2D eigenvalue weighted by atomic mass is 9.96. The van der Waals surface area contributed by atoms with Gasteiger partial charge in [-0.25, -0.2) is 9.37 Å². The van der Waals surface area contributed by atoms with Crippen LogP contribution in [-0.2, 0) is 13.6 Å². The van der Waals surface area contributed by atoms with Crippen LogP contribution in [0.4, 0.5) is 4.39 Å². The molecule has 30 heavy (non-hydrogen) atoms. The summed E-state index contributed by atoms with van der Waals surface area (Å²) in [7, 11) is 1.60. The second-order valence-electron chi connectivity index (χ2n) is 7.93. The summed E-state index contributed by atoms with van der Waals surface area (Å²) in [5.41, 5.74) is 1.26. The molecule has 0 radical (unpaired) electrons. The Morgan fingerprint density at radius 1 is 1.27 bits per heavy atom. The van der Waals surface area contributed by atoms with Crippen molar-refractivity contribution >= 4 is 17.0 Å². The van der Waals surface area contributed by atoms with Gasteiger partial charge < -0.3 is 14.3 Å². The van der Waals surface area contributed by atoms with Crippen LogP contribution in [0, 0.1) is 18.7 Å². The topological polar surface area (TPSA) is 80.4 Å². The molecule has 4 rings (SSSR count). The van der Waals surface area contributed by atoms with Crippen LogP contribution in [0.5, 0.6) is 0 Å². The Labute approximate surface area is 173 Å². The molecule has 1 aliphatic rings. The summed E-state index contributed by atoms with van der Waals surface area (Å²) in [5, 5.41) is 3.20. The summed E-state index contributed by atoms with van der Waals surface area (Å²) >= 11 is 0. The normalized spacial score (nSPS) is 15.6. The van der Waals surface area contributed by atoms with Crippen molar-refractivity contribution in [2.45, 2.75) is 26.3 Å². The standard InChI is InChI=1S/C22H25FN4O3/c1-14-18(19-21(30-14)25-13-26(2)22(19)29)20(28)24-11-15-7-9-27(10-8-15)12-16-3-5-17(23)6-4-16/h3-6,13,15H,7-12H2,1-2H3,(H,24,28). The largest absolute Gasteiger partial charge is 0.442 e. The highest BCUT2D eigenvalue weighted by atomic mass is 19.1. The number of hydrogen-bond acceptors (Lipinski definition) is 5. The van der Waals surface area contributed by atoms with Gasteiger partial charge in [0.1, 0.15) is 23.3 Å². The lowest BCUT2D eigenvalue weighted by Crippen LogP contribution is -2.38. The number of aromatic nitrogens is 2. The molecule has 158 valence electrons. The number of likely N-dealkylation sites (tertiary alicyclic amines) is 1. The first-order chi connectivity index (χ1) is 14.4. The zero-order valence-electron chi connectivity index (χ0n) is 17.2. The van der Waals surface area contributed by atoms with E-state index in [-0.39, 0.29) is 33.9 Å². The van der Waals surface area contributed by atoms with Crippen molar-refractivity contribution in [3.8, 4) is 0 Å². The maximum atomic E-state index is 13.0. The molecular weight excluding hydrogens is 387 g/mol. The van der Waals surface area contributed by atoms with E-state index in [1.54, 1.807) is 14.0 Å². The van der Waals surface area contributed by atoms with E-state index in [0.717, 1.165) is 38.0 Å². The molecule has 3 aromatic rings. The molecule has 0 spiro atoms. The Balaban J connectivity index is 1.34. The van der Waals surface area contributed by atoms with Crippen LogP contribution in [-0.4, -0.2) is 40.0 Å². The first-order valence-corrected chi connectivity index (χ1v) is 10.1. The number of nitrogens with one attached hydrogen (secondary N) is 1. The van der Waals surface area contributed by atoms with Crippen LogP contribution < -0.4 is 10.9 Å². The fourth-order valence-electron chi connectivity index (χ4n) is 3.98. The molecule has 7 nitrogen and oxygen atoms in total. The number of furan rings is 1. The minimum atomic E-state index is -0.301. The fourth-order valence-corrected chi connectivity index (χ4v) is 3.98. The Bertz CT molecular complexity index is 1110. The number of rotatable bonds is 5. The zero-order valence-corrected chi connectivity index (χ0v) is 17.2. The number of nitrogens with zero attached hydrogens (tertiary/aromatic N) is 3. The molecule has 0 saturated carbocycles. The van der Waals surface area contributed by atoms with Crippen LogP contribution >= 0.6 is 0 Å². The van der Waals surface area contributed by atoms with E-state index in [2.05, 4.69) is 15.2 Å². The maximum absolute atomic E-state index is 13.0. The lowest BCUT2D eigenvalue weighted by molar-refractivity contribution is 0.0935. The Kier molecular flexibility index (Phi) is 5.67. The van der Waals surface area contributed by atoms with E-state index in [9.17, 15) is 14.0 Å². The van der Waals surface area contributed by atoms with Crippen molar-refractivity contribution < 1.29 is 13.6 Å². The van der Waals surface area contributed by atoms with Crippen LogP contribution in [0.1, 0.15) is 34.5 Å². The van der Waals surface area contributed by atoms with Gasteiger partial charge in [0.15, 0.2) is 0 Å². The van der Waals surface area contributed by atoms with Gasteiger partial charge in [-0.05, 0) is 56.5 Å². The highest BCUT2D eigenvalue weighted by Crippen LogP contribution is 2.22. The second kappa shape index (κ2) is 8.39. The first kappa shape index (κ1) is 20.3. The molecule has 8 heteroatoms. The van der Waals surface area contributed by atoms with Gasteiger partial charge in [-0.2, -0.15) is 0 Å². The highest BCUT2D eigenvalue weighted by Gasteiger charge is 2.24. The van der Waals surface area contributed by atoms with Crippen molar-refractivity contribution in [2.75, 3.05) is 19.6 Å². The van der Waals surface area contributed by atoms with E-state index in [4.69, 9.17) is 4.42 Å². The number of amides is 1. The number of carbonyl (C=O) groups excluding carboxylic acids is 1. The number of benzene rings is 1. The van der Waals surface area contributed by atoms with Gasteiger partial charge >= 0.3 is 0 Å². The van der Waals surface area contributed by atoms with Gasteiger partial charge in [0, 0.05) is 20.1 Å². The summed E-state index contributed by atoms with van der Waals surface area (Å²) in [5.74, 6) is 0.248. The van der Waals surface area contributed by atoms with Gasteiger partial charge in [-0.3, -0.25) is 14.5 Å². The quantitative estimate of drug-likeness (QED) is 0.697. The molecular formula is C22H25FN4O3. The van der Waals surface area contributed by atoms with Gasteiger partial charge in [0.25, 0.3) is 11.5 Å². The molecule has 0 atom stereocenters. The highest BCUT2D eigenvalue weighted by molar-refractivity contribution is 6.06. The minimum absolute atomic E-state index is 0.190. The summed E-state index contributed by atoms with van der Waals surface area (Å²) in [6.07, 6.45) is 3.32. The third-order valence-corrected chi connectivity index (χ3v) is 5.75. The average molecular weight is 412 g/mol. The van der Waals surface area contributed by atoms with Crippen molar-refractivity contribution in [3.63, 3.8) is 0 Å². The maximum Gasteiger partial charge on any atom is 0.265 e. The monoisotopic (exact) mass is 412 g/mol. The number of carbonyl (C=O) groups is 1. The van der Waals surface area contributed by atoms with Crippen LogP contribution in [0.2, 0.25) is 0 Å². The number of hydrogen-bond donors (Lipinski definition) is 1. The number of piperidine rings is 1. The third kappa shape index (κ3) is 4.14. The van der Waals surface area contributed by atoms with E-state index in [0.29, 0.717) is 18.2 Å². The lowest BCUT2D eigenvalue weighted by Gasteiger charge is -2.32. The first-order valence-electron chi connectivity index (χ1n) is 10.1. The number of aryl methyl sites for hydroxylation is 2. The van der Waals surface area contributed by atoms with E-state index < -0.39 is 0 Å². The third-order valence-electron chi connectivity index (χ3n) is 5.75. The summed E-state index contributed by atoms with van der Waals surface area (Å²) in [6.45, 7) is 4.88. The fraction of sp³-hybridized carbons (Fsp3) is 0.409. The summed E-state index contributed by atoms with van der Waals surface area (Å²) in [4.78, 5) is 31.7. The SMILES string of the molecule is Cc1oc2ncn(C)c(=O)c2c1C(=O)NCC1CCN(Cc2ccc(F)cc2)CC1. The molecule has 2 aromatic heterocycles. The predicted octanol–water partition coefficient (Wildman–Crippen LogP) is 2.62. The van der Waals surface area contributed by atoms with Gasteiger partial charge in [0.2, 0.25) is 5.71 Å². The van der Waals surface area contributed by atoms with Crippen LogP contribution in [0.3, 0.4) is 0 Å². The molecule has 0 unspecified atom stereocenters. The molecule has 1 aromatic carbocycles. The Morgan fingerprint density at radius 3 is 2.67 bits per heavy atom. The number of halogens is 1. The molecule has 1 fully saturated rings. The van der Waals surface area contributed by atoms with Gasteiger partial charge in [-0.1, -0.05) is 12.1 Å².